The van der Waals surface area contributed by atoms with E-state index in [1.54, 1.807) is 7.11 Å². The lowest BCUT2D eigenvalue weighted by Crippen LogP contribution is -2.14. The Kier molecular flexibility index (Phi) is 3.49. The zero-order valence-electron chi connectivity index (χ0n) is 12.0. The lowest BCUT2D eigenvalue weighted by atomic mass is 9.96. The van der Waals surface area contributed by atoms with Crippen LogP contribution < -0.4 is 10.5 Å². The summed E-state index contributed by atoms with van der Waals surface area (Å²) in [5.41, 5.74) is 10.4. The molecule has 0 heterocycles. The van der Waals surface area contributed by atoms with E-state index < -0.39 is 0 Å². The molecule has 1 aliphatic carbocycles. The van der Waals surface area contributed by atoms with E-state index in [1.165, 1.54) is 23.1 Å². The molecule has 3 atom stereocenters. The molecule has 1 saturated carbocycles. The van der Waals surface area contributed by atoms with Gasteiger partial charge in [0.25, 0.3) is 0 Å². The minimum absolute atomic E-state index is 0.117. The summed E-state index contributed by atoms with van der Waals surface area (Å²) >= 11 is 0. The van der Waals surface area contributed by atoms with Crippen LogP contribution in [-0.4, -0.2) is 7.11 Å². The fourth-order valence-electron chi connectivity index (χ4n) is 3.07. The van der Waals surface area contributed by atoms with Gasteiger partial charge in [0.1, 0.15) is 5.75 Å². The first kappa shape index (κ1) is 13.2. The summed E-state index contributed by atoms with van der Waals surface area (Å²) < 4.78 is 5.26. The summed E-state index contributed by atoms with van der Waals surface area (Å²) in [6.07, 6.45) is 1.19. The molecule has 0 radical (unpaired) electrons. The average molecular weight is 267 g/mol. The van der Waals surface area contributed by atoms with Crippen molar-refractivity contribution >= 4 is 0 Å². The molecule has 0 spiro atoms. The van der Waals surface area contributed by atoms with Crippen molar-refractivity contribution in [2.45, 2.75) is 25.3 Å². The maximum Gasteiger partial charge on any atom is 0.119 e. The molecule has 3 rings (SSSR count). The number of rotatable bonds is 4. The summed E-state index contributed by atoms with van der Waals surface area (Å²) in [5.74, 6) is 2.08. The van der Waals surface area contributed by atoms with E-state index in [-0.39, 0.29) is 6.04 Å². The van der Waals surface area contributed by atoms with Gasteiger partial charge in [0.2, 0.25) is 0 Å². The lowest BCUT2D eigenvalue weighted by molar-refractivity contribution is 0.414. The van der Waals surface area contributed by atoms with Gasteiger partial charge in [-0.25, -0.2) is 0 Å². The Bertz CT molecular complexity index is 594. The molecule has 2 aromatic rings. The highest BCUT2D eigenvalue weighted by molar-refractivity contribution is 5.39. The fraction of sp³-hybridized carbons (Fsp3) is 0.333. The first-order valence-electron chi connectivity index (χ1n) is 7.15. The molecule has 0 aliphatic heterocycles. The van der Waals surface area contributed by atoms with Crippen molar-refractivity contribution in [2.75, 3.05) is 7.11 Å². The molecule has 2 heteroatoms. The van der Waals surface area contributed by atoms with E-state index in [0.717, 1.165) is 5.75 Å². The number of hydrogen-bond acceptors (Lipinski definition) is 2. The van der Waals surface area contributed by atoms with Gasteiger partial charge in [-0.2, -0.15) is 0 Å². The predicted octanol–water partition coefficient (Wildman–Crippen LogP) is 3.81. The molecular weight excluding hydrogens is 246 g/mol. The third kappa shape index (κ3) is 2.44. The van der Waals surface area contributed by atoms with Crippen molar-refractivity contribution in [3.05, 3.63) is 65.2 Å². The van der Waals surface area contributed by atoms with Crippen LogP contribution in [0.4, 0.5) is 0 Å². The Morgan fingerprint density at radius 1 is 1.15 bits per heavy atom. The van der Waals surface area contributed by atoms with Crippen LogP contribution in [0.2, 0.25) is 0 Å². The fourth-order valence-corrected chi connectivity index (χ4v) is 3.07. The van der Waals surface area contributed by atoms with Gasteiger partial charge in [-0.3, -0.25) is 0 Å². The van der Waals surface area contributed by atoms with Gasteiger partial charge in [0.05, 0.1) is 7.11 Å². The molecule has 0 amide bonds. The highest BCUT2D eigenvalue weighted by Crippen LogP contribution is 2.53. The topological polar surface area (TPSA) is 35.2 Å². The van der Waals surface area contributed by atoms with Crippen LogP contribution in [0.25, 0.3) is 0 Å². The number of benzene rings is 2. The lowest BCUT2D eigenvalue weighted by Gasteiger charge is -2.16. The quantitative estimate of drug-likeness (QED) is 0.914. The number of aryl methyl sites for hydroxylation is 1. The van der Waals surface area contributed by atoms with Crippen LogP contribution in [0.5, 0.6) is 5.75 Å². The molecule has 1 fully saturated rings. The van der Waals surface area contributed by atoms with Gasteiger partial charge in [-0.1, -0.05) is 36.4 Å². The predicted molar refractivity (Wildman–Crippen MR) is 81.9 cm³/mol. The number of methoxy groups -OCH3 is 1. The summed E-state index contributed by atoms with van der Waals surface area (Å²) in [5, 5.41) is 0. The van der Waals surface area contributed by atoms with Gasteiger partial charge in [-0.05, 0) is 54.0 Å². The summed E-state index contributed by atoms with van der Waals surface area (Å²) in [7, 11) is 1.70. The van der Waals surface area contributed by atoms with Gasteiger partial charge < -0.3 is 10.5 Å². The summed E-state index contributed by atoms with van der Waals surface area (Å²) in [6, 6.07) is 17.0. The van der Waals surface area contributed by atoms with Gasteiger partial charge in [0.15, 0.2) is 0 Å². The van der Waals surface area contributed by atoms with Gasteiger partial charge >= 0.3 is 0 Å². The second kappa shape index (κ2) is 5.29. The number of nitrogens with two attached hydrogens (primary N) is 1. The SMILES string of the molecule is COc1ccc(C(N)C2CC2c2ccccc2)c(C)c1. The van der Waals surface area contributed by atoms with Crippen LogP contribution in [0, 0.1) is 12.8 Å². The van der Waals surface area contributed by atoms with E-state index in [1.807, 2.05) is 6.07 Å². The number of hydrogen-bond donors (Lipinski definition) is 1. The Morgan fingerprint density at radius 3 is 2.55 bits per heavy atom. The van der Waals surface area contributed by atoms with Crippen molar-refractivity contribution in [1.29, 1.82) is 0 Å². The van der Waals surface area contributed by atoms with Crippen molar-refractivity contribution in [3.8, 4) is 5.75 Å². The largest absolute Gasteiger partial charge is 0.497 e. The van der Waals surface area contributed by atoms with Gasteiger partial charge in [0, 0.05) is 6.04 Å². The first-order chi connectivity index (χ1) is 9.70. The highest BCUT2D eigenvalue weighted by atomic mass is 16.5. The molecule has 0 bridgehead atoms. The van der Waals surface area contributed by atoms with Crippen molar-refractivity contribution in [3.63, 3.8) is 0 Å². The first-order valence-corrected chi connectivity index (χ1v) is 7.15. The maximum absolute atomic E-state index is 6.48. The van der Waals surface area contributed by atoms with E-state index in [4.69, 9.17) is 10.5 Å². The average Bonchev–Trinajstić information content (AvgIpc) is 3.28. The van der Waals surface area contributed by atoms with Crippen LogP contribution in [-0.2, 0) is 0 Å². The Labute approximate surface area is 120 Å². The molecule has 2 aromatic carbocycles. The van der Waals surface area contributed by atoms with E-state index in [9.17, 15) is 0 Å². The molecule has 2 nitrogen and oxygen atoms in total. The molecule has 0 aromatic heterocycles. The van der Waals surface area contributed by atoms with Crippen LogP contribution in [0.15, 0.2) is 48.5 Å². The van der Waals surface area contributed by atoms with Gasteiger partial charge in [-0.15, -0.1) is 0 Å². The minimum atomic E-state index is 0.117. The van der Waals surface area contributed by atoms with E-state index in [2.05, 4.69) is 49.4 Å². The molecule has 1 aliphatic rings. The Balaban J connectivity index is 1.76. The van der Waals surface area contributed by atoms with Crippen LogP contribution >= 0.6 is 0 Å². The van der Waals surface area contributed by atoms with Crippen molar-refractivity contribution in [2.24, 2.45) is 11.7 Å². The van der Waals surface area contributed by atoms with E-state index >= 15 is 0 Å². The maximum atomic E-state index is 6.48. The second-order valence-corrected chi connectivity index (χ2v) is 5.67. The summed E-state index contributed by atoms with van der Waals surface area (Å²) in [6.45, 7) is 2.11. The normalized spacial score (nSPS) is 22.4. The zero-order chi connectivity index (χ0) is 14.1. The molecule has 3 unspecified atom stereocenters. The number of ether oxygens (including phenoxy) is 1. The molecule has 20 heavy (non-hydrogen) atoms. The summed E-state index contributed by atoms with van der Waals surface area (Å²) in [4.78, 5) is 0. The van der Waals surface area contributed by atoms with Crippen LogP contribution in [0.1, 0.15) is 35.1 Å². The third-order valence-corrected chi connectivity index (χ3v) is 4.36. The van der Waals surface area contributed by atoms with Crippen molar-refractivity contribution in [1.82, 2.24) is 0 Å². The molecule has 0 saturated heterocycles. The molecule has 2 N–H and O–H groups in total. The van der Waals surface area contributed by atoms with E-state index in [0.29, 0.717) is 11.8 Å². The van der Waals surface area contributed by atoms with Crippen molar-refractivity contribution < 1.29 is 4.74 Å². The second-order valence-electron chi connectivity index (χ2n) is 5.67. The third-order valence-electron chi connectivity index (χ3n) is 4.36. The highest BCUT2D eigenvalue weighted by Gasteiger charge is 2.43. The smallest absolute Gasteiger partial charge is 0.119 e. The Morgan fingerprint density at radius 2 is 1.90 bits per heavy atom. The van der Waals surface area contributed by atoms with Crippen LogP contribution in [0.3, 0.4) is 0 Å². The molecule has 104 valence electrons. The standard InChI is InChI=1S/C18H21NO/c1-12-10-14(20-2)8-9-15(12)18(19)17-11-16(17)13-6-4-3-5-7-13/h3-10,16-18H,11,19H2,1-2H3. The minimum Gasteiger partial charge on any atom is -0.497 e. The Hall–Kier alpha value is -1.80. The molecular formula is C18H21NO. The monoisotopic (exact) mass is 267 g/mol. The zero-order valence-corrected chi connectivity index (χ0v) is 12.0.